The monoisotopic (exact) mass is 234 g/mol. The molecule has 0 saturated heterocycles. The number of benzene rings is 1. The van der Waals surface area contributed by atoms with Crippen molar-refractivity contribution in [2.45, 2.75) is 25.8 Å². The van der Waals surface area contributed by atoms with Gasteiger partial charge >= 0.3 is 0 Å². The highest BCUT2D eigenvalue weighted by atomic mass is 16.5. The molecule has 3 nitrogen and oxygen atoms in total. The Bertz CT molecular complexity index is 401. The molecular formula is C14H22N2O. The Hall–Kier alpha value is -1.22. The molecule has 1 unspecified atom stereocenters. The first kappa shape index (κ1) is 12.2. The van der Waals surface area contributed by atoms with E-state index in [1.165, 1.54) is 23.2 Å². The van der Waals surface area contributed by atoms with Crippen LogP contribution in [0.15, 0.2) is 12.1 Å². The highest BCUT2D eigenvalue weighted by molar-refractivity contribution is 5.62. The van der Waals surface area contributed by atoms with Gasteiger partial charge in [0.2, 0.25) is 0 Å². The Balaban J connectivity index is 2.20. The number of methoxy groups -OCH3 is 1. The fourth-order valence-corrected chi connectivity index (χ4v) is 2.53. The zero-order valence-electron chi connectivity index (χ0n) is 11.2. The third-order valence-electron chi connectivity index (χ3n) is 3.32. The van der Waals surface area contributed by atoms with Crippen LogP contribution >= 0.6 is 0 Å². The number of hydrogen-bond acceptors (Lipinski definition) is 3. The third-order valence-corrected chi connectivity index (χ3v) is 3.32. The number of nitrogens with zero attached hydrogens (tertiary/aromatic N) is 1. The number of likely N-dealkylation sites (N-methyl/N-ethyl adjacent to an activating group) is 1. The van der Waals surface area contributed by atoms with Gasteiger partial charge in [-0.2, -0.15) is 0 Å². The molecule has 0 aromatic heterocycles. The van der Waals surface area contributed by atoms with Crippen molar-refractivity contribution >= 4 is 5.69 Å². The second kappa shape index (κ2) is 4.96. The second-order valence-electron chi connectivity index (χ2n) is 5.12. The van der Waals surface area contributed by atoms with Gasteiger partial charge in [0.05, 0.1) is 7.11 Å². The van der Waals surface area contributed by atoms with Crippen molar-refractivity contribution in [2.75, 3.05) is 33.1 Å². The molecule has 0 saturated carbocycles. The highest BCUT2D eigenvalue weighted by Gasteiger charge is 2.20. The van der Waals surface area contributed by atoms with E-state index in [1.54, 1.807) is 7.11 Å². The average Bonchev–Trinajstić information content (AvgIpc) is 2.29. The van der Waals surface area contributed by atoms with Crippen molar-refractivity contribution < 1.29 is 4.74 Å². The predicted octanol–water partition coefficient (Wildman–Crippen LogP) is 2.29. The zero-order chi connectivity index (χ0) is 12.4. The van der Waals surface area contributed by atoms with E-state index in [9.17, 15) is 0 Å². The molecule has 17 heavy (non-hydrogen) atoms. The molecule has 94 valence electrons. The van der Waals surface area contributed by atoms with Gasteiger partial charge in [0, 0.05) is 18.3 Å². The Kier molecular flexibility index (Phi) is 3.57. The zero-order valence-corrected chi connectivity index (χ0v) is 11.2. The molecule has 2 rings (SSSR count). The molecule has 1 heterocycles. The van der Waals surface area contributed by atoms with Crippen molar-refractivity contribution in [3.05, 3.63) is 23.3 Å². The third kappa shape index (κ3) is 2.72. The van der Waals surface area contributed by atoms with Crippen LogP contribution in [0.3, 0.4) is 0 Å². The number of aryl methyl sites for hydroxylation is 2. The maximum Gasteiger partial charge on any atom is 0.119 e. The molecule has 1 atom stereocenters. The van der Waals surface area contributed by atoms with Gasteiger partial charge < -0.3 is 15.0 Å². The van der Waals surface area contributed by atoms with Gasteiger partial charge in [0.25, 0.3) is 0 Å². The Morgan fingerprint density at radius 1 is 1.41 bits per heavy atom. The normalized spacial score (nSPS) is 18.8. The van der Waals surface area contributed by atoms with Crippen LogP contribution in [0, 0.1) is 6.92 Å². The van der Waals surface area contributed by atoms with Crippen molar-refractivity contribution in [3.63, 3.8) is 0 Å². The quantitative estimate of drug-likeness (QED) is 0.868. The van der Waals surface area contributed by atoms with E-state index in [4.69, 9.17) is 4.74 Å². The number of ether oxygens (including phenoxy) is 1. The van der Waals surface area contributed by atoms with Gasteiger partial charge in [-0.15, -0.1) is 0 Å². The fourth-order valence-electron chi connectivity index (χ4n) is 2.53. The molecule has 1 aliphatic rings. The van der Waals surface area contributed by atoms with Crippen molar-refractivity contribution in [3.8, 4) is 5.75 Å². The molecule has 0 amide bonds. The van der Waals surface area contributed by atoms with Crippen LogP contribution in [0.2, 0.25) is 0 Å². The second-order valence-corrected chi connectivity index (χ2v) is 5.12. The summed E-state index contributed by atoms with van der Waals surface area (Å²) in [4.78, 5) is 2.24. The van der Waals surface area contributed by atoms with E-state index in [0.29, 0.717) is 6.04 Å². The molecule has 1 N–H and O–H groups in total. The summed E-state index contributed by atoms with van der Waals surface area (Å²) in [7, 11) is 5.97. The summed E-state index contributed by atoms with van der Waals surface area (Å²) in [5.41, 5.74) is 3.98. The minimum atomic E-state index is 0.560. The SMILES string of the molecule is COc1cc(C)c2c(c1)CCC(CN(C)C)N2. The van der Waals surface area contributed by atoms with Crippen LogP contribution < -0.4 is 10.1 Å². The topological polar surface area (TPSA) is 24.5 Å². The van der Waals surface area contributed by atoms with E-state index in [1.807, 2.05) is 0 Å². The first-order valence-corrected chi connectivity index (χ1v) is 6.19. The van der Waals surface area contributed by atoms with Gasteiger partial charge in [-0.1, -0.05) is 0 Å². The molecule has 1 aromatic rings. The van der Waals surface area contributed by atoms with Crippen LogP contribution in [0.4, 0.5) is 5.69 Å². The number of rotatable bonds is 3. The molecule has 1 aromatic carbocycles. The molecule has 3 heteroatoms. The average molecular weight is 234 g/mol. The summed E-state index contributed by atoms with van der Waals surface area (Å²) in [6, 6.07) is 4.81. The lowest BCUT2D eigenvalue weighted by Crippen LogP contribution is -2.35. The molecule has 1 aliphatic heterocycles. The minimum Gasteiger partial charge on any atom is -0.497 e. The first-order valence-electron chi connectivity index (χ1n) is 6.19. The molecule has 0 fully saturated rings. The van der Waals surface area contributed by atoms with Crippen molar-refractivity contribution in [1.29, 1.82) is 0 Å². The summed E-state index contributed by atoms with van der Waals surface area (Å²) in [5, 5.41) is 3.65. The Morgan fingerprint density at radius 3 is 2.82 bits per heavy atom. The predicted molar refractivity (Wildman–Crippen MR) is 72.0 cm³/mol. The standard InChI is InChI=1S/C14H22N2O/c1-10-7-13(17-4)8-11-5-6-12(9-16(2)3)15-14(10)11/h7-8,12,15H,5-6,9H2,1-4H3. The molecule has 0 aliphatic carbocycles. The summed E-state index contributed by atoms with van der Waals surface area (Å²) in [6.07, 6.45) is 2.33. The van der Waals surface area contributed by atoms with Gasteiger partial charge in [-0.05, 0) is 57.1 Å². The largest absolute Gasteiger partial charge is 0.497 e. The number of anilines is 1. The van der Waals surface area contributed by atoms with Gasteiger partial charge in [0.15, 0.2) is 0 Å². The lowest BCUT2D eigenvalue weighted by atomic mass is 9.95. The van der Waals surface area contributed by atoms with E-state index >= 15 is 0 Å². The van der Waals surface area contributed by atoms with Crippen LogP contribution in [0.25, 0.3) is 0 Å². The lowest BCUT2D eigenvalue weighted by Gasteiger charge is -2.30. The number of nitrogens with one attached hydrogen (secondary N) is 1. The first-order chi connectivity index (χ1) is 8.10. The van der Waals surface area contributed by atoms with Crippen molar-refractivity contribution in [1.82, 2.24) is 4.90 Å². The lowest BCUT2D eigenvalue weighted by molar-refractivity contribution is 0.370. The molecular weight excluding hydrogens is 212 g/mol. The van der Waals surface area contributed by atoms with E-state index in [2.05, 4.69) is 43.4 Å². The summed E-state index contributed by atoms with van der Waals surface area (Å²) >= 11 is 0. The van der Waals surface area contributed by atoms with Gasteiger partial charge in [0.1, 0.15) is 5.75 Å². The van der Waals surface area contributed by atoms with E-state index in [0.717, 1.165) is 18.7 Å². The molecule has 0 radical (unpaired) electrons. The Morgan fingerprint density at radius 2 is 2.18 bits per heavy atom. The maximum atomic E-state index is 5.32. The van der Waals surface area contributed by atoms with Crippen LogP contribution in [-0.2, 0) is 6.42 Å². The minimum absolute atomic E-state index is 0.560. The van der Waals surface area contributed by atoms with Gasteiger partial charge in [-0.3, -0.25) is 0 Å². The fraction of sp³-hybridized carbons (Fsp3) is 0.571. The smallest absolute Gasteiger partial charge is 0.119 e. The number of fused-ring (bicyclic) bond motifs is 1. The van der Waals surface area contributed by atoms with Gasteiger partial charge in [-0.25, -0.2) is 0 Å². The van der Waals surface area contributed by atoms with Crippen molar-refractivity contribution in [2.24, 2.45) is 0 Å². The van der Waals surface area contributed by atoms with Crippen LogP contribution in [-0.4, -0.2) is 38.7 Å². The highest BCUT2D eigenvalue weighted by Crippen LogP contribution is 2.32. The van der Waals surface area contributed by atoms with E-state index in [-0.39, 0.29) is 0 Å². The van der Waals surface area contributed by atoms with E-state index < -0.39 is 0 Å². The van der Waals surface area contributed by atoms with Crippen LogP contribution in [0.1, 0.15) is 17.5 Å². The maximum absolute atomic E-state index is 5.32. The molecule has 0 bridgehead atoms. The van der Waals surface area contributed by atoms with Crippen LogP contribution in [0.5, 0.6) is 5.75 Å². The number of hydrogen-bond donors (Lipinski definition) is 1. The summed E-state index contributed by atoms with van der Waals surface area (Å²) in [6.45, 7) is 3.23. The Labute approximate surface area is 104 Å². The summed E-state index contributed by atoms with van der Waals surface area (Å²) in [5.74, 6) is 0.967. The summed E-state index contributed by atoms with van der Waals surface area (Å²) < 4.78 is 5.32. The molecule has 0 spiro atoms.